The van der Waals surface area contributed by atoms with Gasteiger partial charge in [-0.15, -0.1) is 0 Å². The van der Waals surface area contributed by atoms with Crippen molar-refractivity contribution in [2.75, 3.05) is 0 Å². The van der Waals surface area contributed by atoms with E-state index in [0.29, 0.717) is 24.2 Å². The van der Waals surface area contributed by atoms with Gasteiger partial charge in [0.1, 0.15) is 4.90 Å². The first-order valence-corrected chi connectivity index (χ1v) is 7.99. The third-order valence-corrected chi connectivity index (χ3v) is 3.97. The molecular weight excluding hydrogens is 260 g/mol. The SMILES string of the molecule is CCc1nn(C(C)(C)C)c(CC)c1S(=O)(=O)Cl. The predicted molar refractivity (Wildman–Crippen MR) is 69.0 cm³/mol. The Bertz CT molecular complexity index is 512. The van der Waals surface area contributed by atoms with Gasteiger partial charge in [-0.2, -0.15) is 5.10 Å². The molecule has 0 aliphatic rings. The average Bonchev–Trinajstić information content (AvgIpc) is 2.54. The maximum absolute atomic E-state index is 11.6. The van der Waals surface area contributed by atoms with Crippen LogP contribution in [0.2, 0.25) is 0 Å². The number of halogens is 1. The highest BCUT2D eigenvalue weighted by Gasteiger charge is 2.29. The van der Waals surface area contributed by atoms with Crippen LogP contribution in [0.1, 0.15) is 46.0 Å². The number of nitrogens with zero attached hydrogens (tertiary/aromatic N) is 2. The third-order valence-electron chi connectivity index (χ3n) is 2.55. The van der Waals surface area contributed by atoms with E-state index in [2.05, 4.69) is 5.10 Å². The Hall–Kier alpha value is -0.550. The molecule has 1 aromatic rings. The van der Waals surface area contributed by atoms with Gasteiger partial charge < -0.3 is 0 Å². The highest BCUT2D eigenvalue weighted by atomic mass is 35.7. The molecule has 6 heteroatoms. The molecule has 98 valence electrons. The van der Waals surface area contributed by atoms with Gasteiger partial charge in [0.25, 0.3) is 9.05 Å². The van der Waals surface area contributed by atoms with Crippen LogP contribution < -0.4 is 0 Å². The number of hydrogen-bond acceptors (Lipinski definition) is 3. The summed E-state index contributed by atoms with van der Waals surface area (Å²) in [5.74, 6) is 0. The van der Waals surface area contributed by atoms with Gasteiger partial charge in [0.2, 0.25) is 0 Å². The maximum atomic E-state index is 11.6. The van der Waals surface area contributed by atoms with Gasteiger partial charge in [-0.3, -0.25) is 4.68 Å². The normalized spacial score (nSPS) is 13.1. The molecule has 0 aliphatic carbocycles. The van der Waals surface area contributed by atoms with E-state index >= 15 is 0 Å². The first kappa shape index (κ1) is 14.5. The minimum atomic E-state index is -3.74. The summed E-state index contributed by atoms with van der Waals surface area (Å²) in [6.45, 7) is 9.75. The van der Waals surface area contributed by atoms with Gasteiger partial charge in [-0.05, 0) is 33.6 Å². The Morgan fingerprint density at radius 2 is 1.76 bits per heavy atom. The second-order valence-electron chi connectivity index (χ2n) is 4.95. The Morgan fingerprint density at radius 3 is 2.06 bits per heavy atom. The van der Waals surface area contributed by atoms with E-state index in [0.717, 1.165) is 0 Å². The summed E-state index contributed by atoms with van der Waals surface area (Å²) in [4.78, 5) is 0.194. The molecule has 0 spiro atoms. The molecule has 0 fully saturated rings. The van der Waals surface area contributed by atoms with Crippen LogP contribution in [0, 0.1) is 0 Å². The van der Waals surface area contributed by atoms with E-state index in [1.165, 1.54) is 0 Å². The van der Waals surface area contributed by atoms with E-state index in [1.54, 1.807) is 4.68 Å². The largest absolute Gasteiger partial charge is 0.264 e. The standard InChI is InChI=1S/C11H19ClN2O2S/c1-6-8-10(17(12,15)16)9(7-2)14(13-8)11(3,4)5/h6-7H2,1-5H3. The maximum Gasteiger partial charge on any atom is 0.264 e. The second kappa shape index (κ2) is 4.61. The minimum absolute atomic E-state index is 0.194. The third kappa shape index (κ3) is 2.83. The lowest BCUT2D eigenvalue weighted by Crippen LogP contribution is -2.25. The van der Waals surface area contributed by atoms with E-state index in [-0.39, 0.29) is 10.4 Å². The molecule has 0 aromatic carbocycles. The van der Waals surface area contributed by atoms with Crippen LogP contribution in [0.25, 0.3) is 0 Å². The van der Waals surface area contributed by atoms with Gasteiger partial charge in [0.05, 0.1) is 16.9 Å². The first-order valence-electron chi connectivity index (χ1n) is 5.68. The van der Waals surface area contributed by atoms with E-state index < -0.39 is 9.05 Å². The van der Waals surface area contributed by atoms with Crippen LogP contribution in [0.3, 0.4) is 0 Å². The van der Waals surface area contributed by atoms with Crippen LogP contribution in [-0.2, 0) is 27.4 Å². The summed E-state index contributed by atoms with van der Waals surface area (Å²) in [6, 6.07) is 0. The summed E-state index contributed by atoms with van der Waals surface area (Å²) in [5, 5.41) is 4.39. The molecule has 0 amide bonds. The number of rotatable bonds is 3. The van der Waals surface area contributed by atoms with Crippen LogP contribution in [-0.4, -0.2) is 18.2 Å². The molecule has 4 nitrogen and oxygen atoms in total. The first-order chi connectivity index (χ1) is 7.62. The quantitative estimate of drug-likeness (QED) is 0.799. The van der Waals surface area contributed by atoms with Crippen LogP contribution in [0.15, 0.2) is 4.90 Å². The van der Waals surface area contributed by atoms with Gasteiger partial charge in [0.15, 0.2) is 0 Å². The molecule has 0 unspecified atom stereocenters. The molecule has 0 atom stereocenters. The number of hydrogen-bond donors (Lipinski definition) is 0. The van der Waals surface area contributed by atoms with Crippen molar-refractivity contribution >= 4 is 19.7 Å². The zero-order valence-electron chi connectivity index (χ0n) is 10.9. The summed E-state index contributed by atoms with van der Waals surface area (Å²) >= 11 is 0. The minimum Gasteiger partial charge on any atom is -0.263 e. The van der Waals surface area contributed by atoms with Crippen molar-refractivity contribution < 1.29 is 8.42 Å². The van der Waals surface area contributed by atoms with Crippen molar-refractivity contribution in [3.8, 4) is 0 Å². The zero-order chi connectivity index (χ0) is 13.4. The average molecular weight is 279 g/mol. The Labute approximate surface area is 107 Å². The molecule has 1 rings (SSSR count). The van der Waals surface area contributed by atoms with Crippen LogP contribution >= 0.6 is 10.7 Å². The lowest BCUT2D eigenvalue weighted by atomic mass is 10.1. The lowest BCUT2D eigenvalue weighted by molar-refractivity contribution is 0.341. The van der Waals surface area contributed by atoms with E-state index in [4.69, 9.17) is 10.7 Å². The summed E-state index contributed by atoms with van der Waals surface area (Å²) < 4.78 is 25.1. The predicted octanol–water partition coefficient (Wildman–Crippen LogP) is 2.69. The van der Waals surface area contributed by atoms with Crippen LogP contribution in [0.4, 0.5) is 0 Å². The molecule has 0 saturated carbocycles. The summed E-state index contributed by atoms with van der Waals surface area (Å²) in [7, 11) is 1.77. The van der Waals surface area contributed by atoms with Gasteiger partial charge in [0, 0.05) is 10.7 Å². The Balaban J connectivity index is 3.65. The van der Waals surface area contributed by atoms with Gasteiger partial charge in [-0.1, -0.05) is 13.8 Å². The fourth-order valence-corrected chi connectivity index (χ4v) is 3.38. The second-order valence-corrected chi connectivity index (χ2v) is 7.45. The molecule has 0 saturated heterocycles. The number of aryl methyl sites for hydroxylation is 1. The summed E-state index contributed by atoms with van der Waals surface area (Å²) in [6.07, 6.45) is 1.14. The molecule has 0 bridgehead atoms. The highest BCUT2D eigenvalue weighted by molar-refractivity contribution is 8.13. The van der Waals surface area contributed by atoms with Gasteiger partial charge >= 0.3 is 0 Å². The smallest absolute Gasteiger partial charge is 0.263 e. The summed E-state index contributed by atoms with van der Waals surface area (Å²) in [5.41, 5.74) is 0.978. The Kier molecular flexibility index (Phi) is 3.94. The highest BCUT2D eigenvalue weighted by Crippen LogP contribution is 2.29. The number of aromatic nitrogens is 2. The van der Waals surface area contributed by atoms with Crippen LogP contribution in [0.5, 0.6) is 0 Å². The van der Waals surface area contributed by atoms with E-state index in [9.17, 15) is 8.42 Å². The van der Waals surface area contributed by atoms with Gasteiger partial charge in [-0.25, -0.2) is 8.42 Å². The van der Waals surface area contributed by atoms with Crippen molar-refractivity contribution in [1.29, 1.82) is 0 Å². The van der Waals surface area contributed by atoms with Crippen molar-refractivity contribution in [1.82, 2.24) is 9.78 Å². The molecule has 1 heterocycles. The molecule has 0 N–H and O–H groups in total. The molecule has 0 radical (unpaired) electrons. The van der Waals surface area contributed by atoms with Crippen molar-refractivity contribution in [3.63, 3.8) is 0 Å². The molecule has 1 aromatic heterocycles. The topological polar surface area (TPSA) is 52.0 Å². The van der Waals surface area contributed by atoms with Crippen molar-refractivity contribution in [2.45, 2.75) is 57.9 Å². The molecular formula is C11H19ClN2O2S. The monoisotopic (exact) mass is 278 g/mol. The van der Waals surface area contributed by atoms with Crippen molar-refractivity contribution in [3.05, 3.63) is 11.4 Å². The molecule has 0 aliphatic heterocycles. The van der Waals surface area contributed by atoms with E-state index in [1.807, 2.05) is 34.6 Å². The fourth-order valence-electron chi connectivity index (χ4n) is 1.87. The molecule has 17 heavy (non-hydrogen) atoms. The Morgan fingerprint density at radius 1 is 1.24 bits per heavy atom. The zero-order valence-corrected chi connectivity index (χ0v) is 12.5. The lowest BCUT2D eigenvalue weighted by Gasteiger charge is -2.22. The fraction of sp³-hybridized carbons (Fsp3) is 0.727. The van der Waals surface area contributed by atoms with Crippen molar-refractivity contribution in [2.24, 2.45) is 0 Å².